The number of rotatable bonds is 3. The number of ether oxygens (including phenoxy) is 1. The SMILES string of the molecule is Cc1nc(OC2CCCCCC2)ccc1CCl. The van der Waals surface area contributed by atoms with E-state index in [0.717, 1.165) is 30.0 Å². The van der Waals surface area contributed by atoms with Crippen LogP contribution in [0.25, 0.3) is 0 Å². The Labute approximate surface area is 108 Å². The molecule has 94 valence electrons. The Morgan fingerprint density at radius 2 is 1.94 bits per heavy atom. The zero-order valence-corrected chi connectivity index (χ0v) is 11.2. The van der Waals surface area contributed by atoms with Gasteiger partial charge in [0.05, 0.1) is 0 Å². The van der Waals surface area contributed by atoms with E-state index in [1.54, 1.807) is 0 Å². The zero-order chi connectivity index (χ0) is 12.1. The van der Waals surface area contributed by atoms with Crippen LogP contribution < -0.4 is 4.74 Å². The van der Waals surface area contributed by atoms with Crippen molar-refractivity contribution in [2.24, 2.45) is 0 Å². The monoisotopic (exact) mass is 253 g/mol. The van der Waals surface area contributed by atoms with Crippen LogP contribution in [0.1, 0.15) is 49.8 Å². The fourth-order valence-corrected chi connectivity index (χ4v) is 2.59. The summed E-state index contributed by atoms with van der Waals surface area (Å²) in [6.07, 6.45) is 7.93. The third-order valence-corrected chi connectivity index (χ3v) is 3.69. The summed E-state index contributed by atoms with van der Waals surface area (Å²) in [6, 6.07) is 3.96. The van der Waals surface area contributed by atoms with Gasteiger partial charge in [-0.2, -0.15) is 0 Å². The lowest BCUT2D eigenvalue weighted by molar-refractivity contribution is 0.176. The molecule has 1 heterocycles. The van der Waals surface area contributed by atoms with Crippen LogP contribution in [0, 0.1) is 6.92 Å². The second-order valence-electron chi connectivity index (χ2n) is 4.76. The number of nitrogens with zero attached hydrogens (tertiary/aromatic N) is 1. The molecule has 1 fully saturated rings. The van der Waals surface area contributed by atoms with Crippen LogP contribution in [0.4, 0.5) is 0 Å². The minimum atomic E-state index is 0.353. The third-order valence-electron chi connectivity index (χ3n) is 3.40. The van der Waals surface area contributed by atoms with Gasteiger partial charge in [-0.25, -0.2) is 4.98 Å². The highest BCUT2D eigenvalue weighted by Crippen LogP contribution is 2.22. The Balaban J connectivity index is 1.99. The van der Waals surface area contributed by atoms with Crippen molar-refractivity contribution in [1.82, 2.24) is 4.98 Å². The Hall–Kier alpha value is -0.760. The van der Waals surface area contributed by atoms with E-state index in [1.807, 2.05) is 19.1 Å². The zero-order valence-electron chi connectivity index (χ0n) is 10.4. The van der Waals surface area contributed by atoms with E-state index >= 15 is 0 Å². The van der Waals surface area contributed by atoms with E-state index in [-0.39, 0.29) is 0 Å². The van der Waals surface area contributed by atoms with Gasteiger partial charge >= 0.3 is 0 Å². The molecule has 0 atom stereocenters. The first-order valence-electron chi connectivity index (χ1n) is 6.49. The van der Waals surface area contributed by atoms with E-state index in [9.17, 15) is 0 Å². The topological polar surface area (TPSA) is 22.1 Å². The van der Waals surface area contributed by atoms with Gasteiger partial charge in [0.15, 0.2) is 0 Å². The van der Waals surface area contributed by atoms with Gasteiger partial charge in [0, 0.05) is 17.6 Å². The second-order valence-corrected chi connectivity index (χ2v) is 5.03. The van der Waals surface area contributed by atoms with Crippen LogP contribution in [0.15, 0.2) is 12.1 Å². The van der Waals surface area contributed by atoms with Gasteiger partial charge in [-0.05, 0) is 38.2 Å². The lowest BCUT2D eigenvalue weighted by Crippen LogP contribution is -2.16. The predicted molar refractivity (Wildman–Crippen MR) is 70.6 cm³/mol. The molecule has 0 spiro atoms. The summed E-state index contributed by atoms with van der Waals surface area (Å²) in [5.74, 6) is 1.27. The Bertz CT molecular complexity index is 359. The molecule has 1 aliphatic carbocycles. The number of halogens is 1. The molecular formula is C14H20ClNO. The van der Waals surface area contributed by atoms with Crippen molar-refractivity contribution in [1.29, 1.82) is 0 Å². The van der Waals surface area contributed by atoms with Gasteiger partial charge in [-0.3, -0.25) is 0 Å². The standard InChI is InChI=1S/C14H20ClNO/c1-11-12(10-15)8-9-14(16-11)17-13-6-4-2-3-5-7-13/h8-9,13H,2-7,10H2,1H3. The number of alkyl halides is 1. The van der Waals surface area contributed by atoms with Crippen LogP contribution in [0.2, 0.25) is 0 Å². The average molecular weight is 254 g/mol. The number of hydrogen-bond acceptors (Lipinski definition) is 2. The van der Waals surface area contributed by atoms with Gasteiger partial charge in [0.25, 0.3) is 0 Å². The fraction of sp³-hybridized carbons (Fsp3) is 0.643. The van der Waals surface area contributed by atoms with Crippen LogP contribution in [-0.4, -0.2) is 11.1 Å². The largest absolute Gasteiger partial charge is 0.474 e. The Morgan fingerprint density at radius 1 is 1.24 bits per heavy atom. The molecule has 0 aliphatic heterocycles. The lowest BCUT2D eigenvalue weighted by atomic mass is 10.1. The molecule has 2 rings (SSSR count). The summed E-state index contributed by atoms with van der Waals surface area (Å²) in [5.41, 5.74) is 2.06. The molecule has 17 heavy (non-hydrogen) atoms. The maximum atomic E-state index is 5.96. The van der Waals surface area contributed by atoms with Crippen molar-refractivity contribution in [2.45, 2.75) is 57.4 Å². The quantitative estimate of drug-likeness (QED) is 0.594. The van der Waals surface area contributed by atoms with Gasteiger partial charge in [-0.1, -0.05) is 18.9 Å². The first kappa shape index (κ1) is 12.7. The Morgan fingerprint density at radius 3 is 2.53 bits per heavy atom. The summed E-state index contributed by atoms with van der Waals surface area (Å²) in [7, 11) is 0. The summed E-state index contributed by atoms with van der Waals surface area (Å²) in [5, 5.41) is 0. The highest BCUT2D eigenvalue weighted by molar-refractivity contribution is 6.17. The van der Waals surface area contributed by atoms with Crippen LogP contribution >= 0.6 is 11.6 Å². The maximum Gasteiger partial charge on any atom is 0.213 e. The molecule has 1 saturated carbocycles. The number of aryl methyl sites for hydroxylation is 1. The molecule has 3 heteroatoms. The van der Waals surface area contributed by atoms with Gasteiger partial charge < -0.3 is 4.74 Å². The number of hydrogen-bond donors (Lipinski definition) is 0. The molecule has 0 amide bonds. The molecule has 0 N–H and O–H groups in total. The summed E-state index contributed by atoms with van der Waals surface area (Å²) in [6.45, 7) is 1.98. The maximum absolute atomic E-state index is 5.96. The summed E-state index contributed by atoms with van der Waals surface area (Å²) >= 11 is 5.82. The molecule has 0 aromatic carbocycles. The van der Waals surface area contributed by atoms with Gasteiger partial charge in [0.2, 0.25) is 5.88 Å². The molecule has 2 nitrogen and oxygen atoms in total. The van der Waals surface area contributed by atoms with Crippen molar-refractivity contribution >= 4 is 11.6 Å². The summed E-state index contributed by atoms with van der Waals surface area (Å²) < 4.78 is 5.96. The van der Waals surface area contributed by atoms with Gasteiger partial charge in [-0.15, -0.1) is 11.6 Å². The van der Waals surface area contributed by atoms with Crippen molar-refractivity contribution < 1.29 is 4.74 Å². The Kier molecular flexibility index (Phi) is 4.66. The van der Waals surface area contributed by atoms with Crippen molar-refractivity contribution in [3.05, 3.63) is 23.4 Å². The normalized spacial score (nSPS) is 17.8. The molecule has 0 unspecified atom stereocenters. The third kappa shape index (κ3) is 3.60. The average Bonchev–Trinajstić information content (AvgIpc) is 2.58. The predicted octanol–water partition coefficient (Wildman–Crippen LogP) is 4.23. The molecule has 1 aliphatic rings. The number of aromatic nitrogens is 1. The molecular weight excluding hydrogens is 234 g/mol. The van der Waals surface area contributed by atoms with Crippen LogP contribution in [0.5, 0.6) is 5.88 Å². The van der Waals surface area contributed by atoms with Crippen molar-refractivity contribution in [3.63, 3.8) is 0 Å². The minimum Gasteiger partial charge on any atom is -0.474 e. The first-order valence-corrected chi connectivity index (χ1v) is 7.02. The molecule has 1 aromatic rings. The van der Waals surface area contributed by atoms with E-state index < -0.39 is 0 Å². The fourth-order valence-electron chi connectivity index (χ4n) is 2.30. The molecule has 1 aromatic heterocycles. The van der Waals surface area contributed by atoms with Gasteiger partial charge in [0.1, 0.15) is 6.10 Å². The smallest absolute Gasteiger partial charge is 0.213 e. The number of pyridine rings is 1. The molecule has 0 bridgehead atoms. The first-order chi connectivity index (χ1) is 8.29. The highest BCUT2D eigenvalue weighted by atomic mass is 35.5. The van der Waals surface area contributed by atoms with E-state index in [1.165, 1.54) is 25.7 Å². The summed E-state index contributed by atoms with van der Waals surface area (Å²) in [4.78, 5) is 4.46. The minimum absolute atomic E-state index is 0.353. The highest BCUT2D eigenvalue weighted by Gasteiger charge is 2.14. The van der Waals surface area contributed by atoms with E-state index in [4.69, 9.17) is 16.3 Å². The van der Waals surface area contributed by atoms with Crippen LogP contribution in [0.3, 0.4) is 0 Å². The second kappa shape index (κ2) is 6.25. The lowest BCUT2D eigenvalue weighted by Gasteiger charge is -2.16. The van der Waals surface area contributed by atoms with Crippen molar-refractivity contribution in [3.8, 4) is 5.88 Å². The van der Waals surface area contributed by atoms with Crippen molar-refractivity contribution in [2.75, 3.05) is 0 Å². The molecule has 0 radical (unpaired) electrons. The van der Waals surface area contributed by atoms with Crippen LogP contribution in [-0.2, 0) is 5.88 Å². The van der Waals surface area contributed by atoms with E-state index in [2.05, 4.69) is 4.98 Å². The van der Waals surface area contributed by atoms with E-state index in [0.29, 0.717) is 12.0 Å². The molecule has 0 saturated heterocycles.